The van der Waals surface area contributed by atoms with E-state index in [1.807, 2.05) is 31.2 Å². The molecule has 1 aromatic carbocycles. The van der Waals surface area contributed by atoms with Gasteiger partial charge in [0.05, 0.1) is 6.26 Å². The molecule has 3 heterocycles. The van der Waals surface area contributed by atoms with E-state index in [0.29, 0.717) is 23.4 Å². The summed E-state index contributed by atoms with van der Waals surface area (Å²) in [6.07, 6.45) is 4.68. The average molecular weight is 349 g/mol. The van der Waals surface area contributed by atoms with Crippen molar-refractivity contribution in [1.82, 2.24) is 9.97 Å². The summed E-state index contributed by atoms with van der Waals surface area (Å²) in [6.45, 7) is 1.94. The topological polar surface area (TPSA) is 92.1 Å². The molecule has 5 rings (SSSR count). The molecule has 26 heavy (non-hydrogen) atoms. The van der Waals surface area contributed by atoms with Crippen LogP contribution in [0.5, 0.6) is 0 Å². The van der Waals surface area contributed by atoms with Gasteiger partial charge in [-0.1, -0.05) is 13.0 Å². The Morgan fingerprint density at radius 1 is 1.23 bits per heavy atom. The van der Waals surface area contributed by atoms with Crippen molar-refractivity contribution in [2.75, 3.05) is 16.0 Å². The monoisotopic (exact) mass is 349 g/mol. The van der Waals surface area contributed by atoms with Crippen molar-refractivity contribution in [2.24, 2.45) is 5.92 Å². The third-order valence-corrected chi connectivity index (χ3v) is 4.82. The fourth-order valence-electron chi connectivity index (χ4n) is 3.19. The van der Waals surface area contributed by atoms with E-state index in [1.165, 1.54) is 0 Å². The maximum atomic E-state index is 11.9. The summed E-state index contributed by atoms with van der Waals surface area (Å²) in [4.78, 5) is 21.0. The van der Waals surface area contributed by atoms with Crippen molar-refractivity contribution in [3.8, 4) is 0 Å². The van der Waals surface area contributed by atoms with Crippen LogP contribution < -0.4 is 16.0 Å². The van der Waals surface area contributed by atoms with Crippen LogP contribution in [0.3, 0.4) is 0 Å². The summed E-state index contributed by atoms with van der Waals surface area (Å²) in [5, 5.41) is 9.59. The van der Waals surface area contributed by atoms with Crippen molar-refractivity contribution in [3.05, 3.63) is 36.1 Å². The van der Waals surface area contributed by atoms with Gasteiger partial charge in [-0.05, 0) is 37.0 Å². The number of hydrogen-bond acceptors (Lipinski definition) is 6. The molecule has 0 spiro atoms. The van der Waals surface area contributed by atoms with Gasteiger partial charge < -0.3 is 20.4 Å². The van der Waals surface area contributed by atoms with Gasteiger partial charge in [0.2, 0.25) is 11.9 Å². The van der Waals surface area contributed by atoms with E-state index >= 15 is 0 Å². The minimum absolute atomic E-state index is 0.00389. The largest absolute Gasteiger partial charge is 0.459 e. The molecule has 0 bridgehead atoms. The van der Waals surface area contributed by atoms with Crippen LogP contribution in [0.2, 0.25) is 0 Å². The number of fused-ring (bicyclic) bond motifs is 2. The highest BCUT2D eigenvalue weighted by molar-refractivity contribution is 5.96. The number of rotatable bonds is 4. The maximum absolute atomic E-state index is 11.9. The van der Waals surface area contributed by atoms with Gasteiger partial charge in [-0.15, -0.1) is 0 Å². The molecule has 2 aromatic heterocycles. The van der Waals surface area contributed by atoms with Crippen molar-refractivity contribution in [1.29, 1.82) is 0 Å². The predicted octanol–water partition coefficient (Wildman–Crippen LogP) is 3.67. The predicted molar refractivity (Wildman–Crippen MR) is 99.7 cm³/mol. The summed E-state index contributed by atoms with van der Waals surface area (Å²) in [6, 6.07) is 8.24. The van der Waals surface area contributed by atoms with E-state index in [4.69, 9.17) is 4.42 Å². The first-order valence-electron chi connectivity index (χ1n) is 8.88. The number of nitrogens with one attached hydrogen (secondary N) is 3. The molecule has 7 heteroatoms. The summed E-state index contributed by atoms with van der Waals surface area (Å²) < 4.78 is 5.52. The molecule has 0 saturated heterocycles. The Kier molecular flexibility index (Phi) is 3.34. The molecule has 1 fully saturated rings. The van der Waals surface area contributed by atoms with Crippen molar-refractivity contribution in [3.63, 3.8) is 0 Å². The molecule has 1 aliphatic carbocycles. The van der Waals surface area contributed by atoms with Crippen LogP contribution in [-0.4, -0.2) is 21.9 Å². The number of aromatic nitrogens is 2. The highest BCUT2D eigenvalue weighted by Crippen LogP contribution is 2.32. The lowest BCUT2D eigenvalue weighted by molar-refractivity contribution is -0.119. The zero-order chi connectivity index (χ0) is 17.7. The molecule has 3 aromatic rings. The van der Waals surface area contributed by atoms with Crippen LogP contribution in [0, 0.1) is 5.92 Å². The van der Waals surface area contributed by atoms with Crippen LogP contribution in [0.1, 0.15) is 25.3 Å². The van der Waals surface area contributed by atoms with Gasteiger partial charge in [-0.25, -0.2) is 4.98 Å². The molecule has 1 amide bonds. The van der Waals surface area contributed by atoms with Gasteiger partial charge in [0, 0.05) is 29.4 Å². The molecule has 2 aliphatic rings. The lowest BCUT2D eigenvalue weighted by Gasteiger charge is -2.22. The number of nitrogens with zero attached hydrogens (tertiary/aromatic N) is 2. The molecular weight excluding hydrogens is 330 g/mol. The van der Waals surface area contributed by atoms with Gasteiger partial charge in [-0.3, -0.25) is 4.79 Å². The van der Waals surface area contributed by atoms with Gasteiger partial charge in [0.25, 0.3) is 0 Å². The van der Waals surface area contributed by atoms with Crippen LogP contribution in [0.15, 0.2) is 34.9 Å². The maximum Gasteiger partial charge on any atom is 0.229 e. The van der Waals surface area contributed by atoms with E-state index in [0.717, 1.165) is 41.7 Å². The van der Waals surface area contributed by atoms with E-state index in [1.54, 1.807) is 6.26 Å². The van der Waals surface area contributed by atoms with Crippen LogP contribution in [-0.2, 0) is 11.2 Å². The second kappa shape index (κ2) is 5.72. The molecule has 7 nitrogen and oxygen atoms in total. The lowest BCUT2D eigenvalue weighted by atomic mass is 9.94. The van der Waals surface area contributed by atoms with Crippen molar-refractivity contribution >= 4 is 40.1 Å². The Morgan fingerprint density at radius 2 is 2.12 bits per heavy atom. The molecule has 132 valence electrons. The SMILES string of the molecule is C[C@@H]1Cc2ccc(Nc3nc(NC4CC4)c4occc4n3)cc2NC1=O. The van der Waals surface area contributed by atoms with Crippen molar-refractivity contribution < 1.29 is 9.21 Å². The first kappa shape index (κ1) is 15.2. The fourth-order valence-corrected chi connectivity index (χ4v) is 3.19. The fraction of sp³-hybridized carbons (Fsp3) is 0.316. The van der Waals surface area contributed by atoms with Crippen LogP contribution in [0.25, 0.3) is 11.1 Å². The van der Waals surface area contributed by atoms with Crippen LogP contribution in [0.4, 0.5) is 23.1 Å². The number of furan rings is 1. The zero-order valence-electron chi connectivity index (χ0n) is 14.4. The Bertz CT molecular complexity index is 1010. The molecular formula is C19H19N5O2. The molecule has 1 saturated carbocycles. The molecule has 3 N–H and O–H groups in total. The summed E-state index contributed by atoms with van der Waals surface area (Å²) >= 11 is 0. The Labute approximate surface area is 150 Å². The third kappa shape index (κ3) is 2.75. The third-order valence-electron chi connectivity index (χ3n) is 4.82. The van der Waals surface area contributed by atoms with E-state index < -0.39 is 0 Å². The minimum Gasteiger partial charge on any atom is -0.459 e. The zero-order valence-corrected chi connectivity index (χ0v) is 14.4. The second-order valence-electron chi connectivity index (χ2n) is 7.04. The second-order valence-corrected chi connectivity index (χ2v) is 7.04. The van der Waals surface area contributed by atoms with E-state index in [9.17, 15) is 4.79 Å². The normalized spacial score (nSPS) is 19.1. The Morgan fingerprint density at radius 3 is 2.96 bits per heavy atom. The highest BCUT2D eigenvalue weighted by atomic mass is 16.3. The number of benzene rings is 1. The Hall–Kier alpha value is -3.09. The Balaban J connectivity index is 1.46. The van der Waals surface area contributed by atoms with Gasteiger partial charge in [0.1, 0.15) is 5.52 Å². The van der Waals surface area contributed by atoms with Gasteiger partial charge in [-0.2, -0.15) is 4.98 Å². The smallest absolute Gasteiger partial charge is 0.229 e. The standard InChI is InChI=1S/C19H19N5O2/c1-10-8-11-2-3-13(9-15(11)22-18(10)25)21-19-23-14-6-7-26-16(14)17(24-19)20-12-4-5-12/h2-3,6-7,9-10,12H,4-5,8H2,1H3,(H,22,25)(H2,20,21,23,24)/t10-/m1/s1. The molecule has 0 radical (unpaired) electrons. The number of hydrogen-bond donors (Lipinski definition) is 3. The minimum atomic E-state index is 0.00389. The first-order chi connectivity index (χ1) is 12.7. The van der Waals surface area contributed by atoms with E-state index in [-0.39, 0.29) is 11.8 Å². The molecule has 1 atom stereocenters. The highest BCUT2D eigenvalue weighted by Gasteiger charge is 2.24. The van der Waals surface area contributed by atoms with Crippen LogP contribution >= 0.6 is 0 Å². The number of carbonyl (C=O) groups excluding carboxylic acids is 1. The summed E-state index contributed by atoms with van der Waals surface area (Å²) in [5.74, 6) is 1.27. The molecule has 1 aliphatic heterocycles. The quantitative estimate of drug-likeness (QED) is 0.665. The lowest BCUT2D eigenvalue weighted by Crippen LogP contribution is -2.27. The summed E-state index contributed by atoms with van der Waals surface area (Å²) in [5.41, 5.74) is 4.25. The number of anilines is 4. The molecule has 0 unspecified atom stereocenters. The van der Waals surface area contributed by atoms with Gasteiger partial charge in [0.15, 0.2) is 11.4 Å². The number of carbonyl (C=O) groups is 1. The van der Waals surface area contributed by atoms with Crippen molar-refractivity contribution in [2.45, 2.75) is 32.2 Å². The first-order valence-corrected chi connectivity index (χ1v) is 8.88. The van der Waals surface area contributed by atoms with E-state index in [2.05, 4.69) is 25.9 Å². The average Bonchev–Trinajstić information content (AvgIpc) is 3.30. The summed E-state index contributed by atoms with van der Waals surface area (Å²) in [7, 11) is 0. The number of amides is 1. The van der Waals surface area contributed by atoms with Gasteiger partial charge >= 0.3 is 0 Å².